The Kier molecular flexibility index (Phi) is 5.17. The van der Waals surface area contributed by atoms with Crippen LogP contribution in [0.3, 0.4) is 0 Å². The van der Waals surface area contributed by atoms with Crippen molar-refractivity contribution in [1.29, 1.82) is 0 Å². The Morgan fingerprint density at radius 2 is 2.08 bits per heavy atom. The van der Waals surface area contributed by atoms with Crippen molar-refractivity contribution in [2.45, 2.75) is 45.6 Å². The van der Waals surface area contributed by atoms with Gasteiger partial charge in [-0.25, -0.2) is 0 Å². The van der Waals surface area contributed by atoms with E-state index < -0.39 is 0 Å². The van der Waals surface area contributed by atoms with E-state index >= 15 is 0 Å². The molecule has 2 atom stereocenters. The second-order valence-electron chi connectivity index (χ2n) is 7.34. The predicted octanol–water partition coefficient (Wildman–Crippen LogP) is 3.24. The normalized spacial score (nSPS) is 24.6. The van der Waals surface area contributed by atoms with Crippen LogP contribution in [-0.4, -0.2) is 53.1 Å². The molecule has 0 aliphatic carbocycles. The molecule has 2 aromatic heterocycles. The zero-order chi connectivity index (χ0) is 17.2. The van der Waals surface area contributed by atoms with Gasteiger partial charge in [-0.2, -0.15) is 0 Å². The molecule has 0 N–H and O–H groups in total. The van der Waals surface area contributed by atoms with Crippen molar-refractivity contribution in [2.75, 3.05) is 26.2 Å². The summed E-state index contributed by atoms with van der Waals surface area (Å²) >= 11 is 1.93. The lowest BCUT2D eigenvalue weighted by molar-refractivity contribution is 0.0440. The summed E-state index contributed by atoms with van der Waals surface area (Å²) in [5.41, 5.74) is 2.10. The molecule has 25 heavy (non-hydrogen) atoms. The lowest BCUT2D eigenvalue weighted by Gasteiger charge is -2.37. The van der Waals surface area contributed by atoms with Crippen molar-refractivity contribution in [3.8, 4) is 0 Å². The van der Waals surface area contributed by atoms with E-state index in [-0.39, 0.29) is 0 Å². The number of fused-ring (bicyclic) bond motifs is 1. The lowest BCUT2D eigenvalue weighted by Crippen LogP contribution is -2.49. The number of ether oxygens (including phenoxy) is 1. The minimum absolute atomic E-state index is 0.344. The summed E-state index contributed by atoms with van der Waals surface area (Å²) < 4.78 is 6.17. The van der Waals surface area contributed by atoms with Crippen LogP contribution in [0.2, 0.25) is 0 Å². The van der Waals surface area contributed by atoms with E-state index in [2.05, 4.69) is 46.0 Å². The number of hydrogen-bond donors (Lipinski definition) is 0. The van der Waals surface area contributed by atoms with Gasteiger partial charge in [-0.05, 0) is 44.5 Å². The molecule has 4 heterocycles. The van der Waals surface area contributed by atoms with Gasteiger partial charge >= 0.3 is 0 Å². The lowest BCUT2D eigenvalue weighted by atomic mass is 10.1. The highest BCUT2D eigenvalue weighted by Crippen LogP contribution is 2.26. The average Bonchev–Trinajstić information content (AvgIpc) is 3.18. The monoisotopic (exact) mass is 357 g/mol. The van der Waals surface area contributed by atoms with E-state index in [1.807, 2.05) is 24.3 Å². The number of piperazine rings is 1. The predicted molar refractivity (Wildman–Crippen MR) is 102 cm³/mol. The first kappa shape index (κ1) is 17.2. The van der Waals surface area contributed by atoms with Crippen molar-refractivity contribution < 1.29 is 4.74 Å². The van der Waals surface area contributed by atoms with Gasteiger partial charge in [0.15, 0.2) is 0 Å². The number of nitrogens with zero attached hydrogens (tertiary/aromatic N) is 3. The van der Waals surface area contributed by atoms with E-state index in [4.69, 9.17) is 4.74 Å². The van der Waals surface area contributed by atoms with Crippen molar-refractivity contribution in [1.82, 2.24) is 14.8 Å². The molecule has 0 unspecified atom stereocenters. The molecule has 134 valence electrons. The average molecular weight is 358 g/mol. The van der Waals surface area contributed by atoms with Gasteiger partial charge in [-0.15, -0.1) is 11.3 Å². The molecular formula is C20H27N3OS. The highest BCUT2D eigenvalue weighted by atomic mass is 32.1. The van der Waals surface area contributed by atoms with Crippen LogP contribution in [0, 0.1) is 13.8 Å². The molecule has 5 heteroatoms. The highest BCUT2D eigenvalue weighted by Gasteiger charge is 2.36. The third-order valence-electron chi connectivity index (χ3n) is 5.25. The quantitative estimate of drug-likeness (QED) is 0.821. The Balaban J connectivity index is 1.28. The molecule has 0 saturated carbocycles. The molecule has 0 bridgehead atoms. The summed E-state index contributed by atoms with van der Waals surface area (Å²) in [6.45, 7) is 10.5. The summed E-state index contributed by atoms with van der Waals surface area (Å²) in [5.74, 6) is 0. The molecule has 0 amide bonds. The standard InChI is InChI=1S/C20H27N3OS/c1-15-4-3-5-17(21-15)14-24-19-10-18-11-22(8-9-23(18)12-19)13-20-7-6-16(2)25-20/h3-7,18-19H,8-14H2,1-2H3/t18-,19+/m1/s1. The summed E-state index contributed by atoms with van der Waals surface area (Å²) in [6, 6.07) is 11.3. The smallest absolute Gasteiger partial charge is 0.0892 e. The fourth-order valence-electron chi connectivity index (χ4n) is 4.00. The third-order valence-corrected chi connectivity index (χ3v) is 6.24. The van der Waals surface area contributed by atoms with Crippen LogP contribution >= 0.6 is 11.3 Å². The van der Waals surface area contributed by atoms with Crippen LogP contribution < -0.4 is 0 Å². The van der Waals surface area contributed by atoms with Crippen LogP contribution in [0.1, 0.15) is 27.6 Å². The highest BCUT2D eigenvalue weighted by molar-refractivity contribution is 7.11. The molecule has 0 spiro atoms. The van der Waals surface area contributed by atoms with Gasteiger partial charge in [0.25, 0.3) is 0 Å². The maximum Gasteiger partial charge on any atom is 0.0892 e. The first-order chi connectivity index (χ1) is 12.2. The van der Waals surface area contributed by atoms with Gasteiger partial charge < -0.3 is 4.74 Å². The van der Waals surface area contributed by atoms with Crippen LogP contribution in [0.4, 0.5) is 0 Å². The van der Waals surface area contributed by atoms with E-state index in [9.17, 15) is 0 Å². The molecule has 0 aromatic carbocycles. The number of hydrogen-bond acceptors (Lipinski definition) is 5. The largest absolute Gasteiger partial charge is 0.371 e. The Morgan fingerprint density at radius 1 is 1.16 bits per heavy atom. The molecule has 2 aromatic rings. The third kappa shape index (κ3) is 4.29. The number of aromatic nitrogens is 1. The van der Waals surface area contributed by atoms with Crippen molar-refractivity contribution >= 4 is 11.3 Å². The molecule has 4 rings (SSSR count). The second-order valence-corrected chi connectivity index (χ2v) is 8.71. The van der Waals surface area contributed by atoms with E-state index in [0.29, 0.717) is 18.8 Å². The molecule has 2 fully saturated rings. The van der Waals surface area contributed by atoms with Crippen LogP contribution in [0.25, 0.3) is 0 Å². The number of thiophene rings is 1. The maximum absolute atomic E-state index is 6.17. The molecule has 2 aliphatic heterocycles. The summed E-state index contributed by atoms with van der Waals surface area (Å²) in [7, 11) is 0. The Hall–Kier alpha value is -1.27. The minimum atomic E-state index is 0.344. The SMILES string of the molecule is Cc1cccc(CO[C@H]2C[C@@H]3CN(Cc4ccc(C)s4)CCN3C2)n1. The fraction of sp³-hybridized carbons (Fsp3) is 0.550. The van der Waals surface area contributed by atoms with Crippen molar-refractivity contribution in [3.63, 3.8) is 0 Å². The van der Waals surface area contributed by atoms with Gasteiger partial charge in [0.2, 0.25) is 0 Å². The first-order valence-corrected chi connectivity index (χ1v) is 10.0. The minimum Gasteiger partial charge on any atom is -0.371 e. The van der Waals surface area contributed by atoms with Gasteiger partial charge in [0, 0.05) is 54.2 Å². The Morgan fingerprint density at radius 3 is 2.88 bits per heavy atom. The number of rotatable bonds is 5. The van der Waals surface area contributed by atoms with Gasteiger partial charge in [0.1, 0.15) is 0 Å². The molecule has 2 saturated heterocycles. The van der Waals surface area contributed by atoms with E-state index in [1.165, 1.54) is 22.8 Å². The van der Waals surface area contributed by atoms with Gasteiger partial charge in [-0.1, -0.05) is 6.07 Å². The second kappa shape index (κ2) is 7.54. The fourth-order valence-corrected chi connectivity index (χ4v) is 4.93. The van der Waals surface area contributed by atoms with E-state index in [0.717, 1.165) is 37.4 Å². The first-order valence-electron chi connectivity index (χ1n) is 9.21. The number of aryl methyl sites for hydroxylation is 2. The zero-order valence-electron chi connectivity index (χ0n) is 15.1. The maximum atomic E-state index is 6.17. The molecule has 4 nitrogen and oxygen atoms in total. The molecular weight excluding hydrogens is 330 g/mol. The summed E-state index contributed by atoms with van der Waals surface area (Å²) in [6.07, 6.45) is 1.49. The molecule has 0 radical (unpaired) electrons. The van der Waals surface area contributed by atoms with Gasteiger partial charge in [-0.3, -0.25) is 14.8 Å². The number of pyridine rings is 1. The van der Waals surface area contributed by atoms with Crippen LogP contribution in [0.15, 0.2) is 30.3 Å². The van der Waals surface area contributed by atoms with Crippen molar-refractivity contribution in [3.05, 3.63) is 51.5 Å². The zero-order valence-corrected chi connectivity index (χ0v) is 16.0. The van der Waals surface area contributed by atoms with E-state index in [1.54, 1.807) is 0 Å². The van der Waals surface area contributed by atoms with Crippen LogP contribution in [0.5, 0.6) is 0 Å². The summed E-state index contributed by atoms with van der Waals surface area (Å²) in [5, 5.41) is 0. The Bertz CT molecular complexity index is 716. The summed E-state index contributed by atoms with van der Waals surface area (Å²) in [4.78, 5) is 12.7. The van der Waals surface area contributed by atoms with Crippen molar-refractivity contribution in [2.24, 2.45) is 0 Å². The molecule has 2 aliphatic rings. The Labute approximate surface area is 154 Å². The van der Waals surface area contributed by atoms with Crippen LogP contribution in [-0.2, 0) is 17.9 Å². The topological polar surface area (TPSA) is 28.6 Å². The van der Waals surface area contributed by atoms with Gasteiger partial charge in [0.05, 0.1) is 18.4 Å².